The topological polar surface area (TPSA) is 126 Å². The third-order valence-electron chi connectivity index (χ3n) is 7.11. The number of aromatic amines is 1. The maximum Gasteiger partial charge on any atom is 0.272 e. The van der Waals surface area contributed by atoms with Crippen molar-refractivity contribution in [2.45, 2.75) is 51.6 Å². The summed E-state index contributed by atoms with van der Waals surface area (Å²) in [6, 6.07) is 4.92. The van der Waals surface area contributed by atoms with E-state index >= 15 is 0 Å². The largest absolute Gasteiger partial charge is 0.481 e. The molecule has 0 aromatic carbocycles. The van der Waals surface area contributed by atoms with Gasteiger partial charge in [-0.15, -0.1) is 0 Å². The van der Waals surface area contributed by atoms with Crippen molar-refractivity contribution in [2.75, 3.05) is 13.7 Å². The number of nitrogens with zero attached hydrogens (tertiary/aromatic N) is 5. The molecule has 188 valence electrons. The van der Waals surface area contributed by atoms with Gasteiger partial charge < -0.3 is 15.0 Å². The van der Waals surface area contributed by atoms with E-state index in [1.807, 2.05) is 24.8 Å². The molecule has 3 aromatic rings. The lowest BCUT2D eigenvalue weighted by atomic mass is 9.88. The minimum atomic E-state index is -0.557. The van der Waals surface area contributed by atoms with E-state index in [1.165, 1.54) is 13.2 Å². The summed E-state index contributed by atoms with van der Waals surface area (Å²) in [5.41, 5.74) is 3.03. The van der Waals surface area contributed by atoms with E-state index in [1.54, 1.807) is 6.07 Å². The Kier molecular flexibility index (Phi) is 6.15. The number of pyridine rings is 1. The number of rotatable bonds is 6. The van der Waals surface area contributed by atoms with Gasteiger partial charge in [0, 0.05) is 29.6 Å². The predicted octanol–water partition coefficient (Wildman–Crippen LogP) is 2.73. The van der Waals surface area contributed by atoms with Gasteiger partial charge >= 0.3 is 0 Å². The molecule has 1 aliphatic carbocycles. The van der Waals surface area contributed by atoms with Gasteiger partial charge in [-0.3, -0.25) is 14.7 Å². The second-order valence-electron chi connectivity index (χ2n) is 9.58. The molecule has 1 saturated carbocycles. The molecule has 36 heavy (non-hydrogen) atoms. The highest BCUT2D eigenvalue weighted by molar-refractivity contribution is 5.94. The van der Waals surface area contributed by atoms with Crippen LogP contribution in [0.5, 0.6) is 5.88 Å². The highest BCUT2D eigenvalue weighted by Gasteiger charge is 2.54. The molecule has 2 fully saturated rings. The highest BCUT2D eigenvalue weighted by atomic mass is 19.1. The number of halogens is 1. The molecule has 1 spiro atoms. The van der Waals surface area contributed by atoms with E-state index in [4.69, 9.17) is 4.74 Å². The van der Waals surface area contributed by atoms with Crippen LogP contribution in [0.2, 0.25) is 0 Å². The molecule has 2 amide bonds. The van der Waals surface area contributed by atoms with Gasteiger partial charge in [0.2, 0.25) is 11.8 Å². The van der Waals surface area contributed by atoms with Crippen molar-refractivity contribution in [1.82, 2.24) is 35.6 Å². The lowest BCUT2D eigenvalue weighted by Gasteiger charge is -2.39. The fourth-order valence-electron chi connectivity index (χ4n) is 4.93. The number of aromatic nitrogens is 5. The Bertz CT molecular complexity index is 1320. The summed E-state index contributed by atoms with van der Waals surface area (Å²) in [7, 11) is 1.44. The number of ether oxygens (including phenoxy) is 1. The smallest absolute Gasteiger partial charge is 0.272 e. The molecule has 2 N–H and O–H groups in total. The lowest BCUT2D eigenvalue weighted by molar-refractivity contribution is -0.127. The first-order chi connectivity index (χ1) is 17.3. The number of amides is 2. The lowest BCUT2D eigenvalue weighted by Crippen LogP contribution is -2.50. The van der Waals surface area contributed by atoms with Crippen LogP contribution in [0.15, 0.2) is 24.4 Å². The zero-order valence-corrected chi connectivity index (χ0v) is 20.5. The molecule has 1 atom stereocenters. The number of carbonyl (C=O) groups is 2. The molecule has 3 aromatic heterocycles. The molecule has 0 bridgehead atoms. The molecular weight excluding hydrogens is 465 g/mol. The van der Waals surface area contributed by atoms with E-state index < -0.39 is 5.82 Å². The summed E-state index contributed by atoms with van der Waals surface area (Å²) in [5, 5.41) is 18.1. The van der Waals surface area contributed by atoms with E-state index in [9.17, 15) is 14.0 Å². The Morgan fingerprint density at radius 3 is 2.78 bits per heavy atom. The van der Waals surface area contributed by atoms with E-state index in [0.29, 0.717) is 31.6 Å². The quantitative estimate of drug-likeness (QED) is 0.541. The van der Waals surface area contributed by atoms with Crippen LogP contribution in [0.4, 0.5) is 4.39 Å². The number of H-pyrrole nitrogens is 1. The second-order valence-corrected chi connectivity index (χ2v) is 9.58. The van der Waals surface area contributed by atoms with E-state index in [2.05, 4.69) is 30.7 Å². The first-order valence-corrected chi connectivity index (χ1v) is 11.9. The van der Waals surface area contributed by atoms with Gasteiger partial charge in [-0.25, -0.2) is 9.37 Å². The average Bonchev–Trinajstić information content (AvgIpc) is 3.44. The monoisotopic (exact) mass is 493 g/mol. The van der Waals surface area contributed by atoms with E-state index in [0.717, 1.165) is 36.0 Å². The summed E-state index contributed by atoms with van der Waals surface area (Å²) in [6.07, 6.45) is 3.94. The summed E-state index contributed by atoms with van der Waals surface area (Å²) in [4.78, 5) is 32.0. The van der Waals surface area contributed by atoms with Gasteiger partial charge in [0.25, 0.3) is 5.91 Å². The van der Waals surface area contributed by atoms with Crippen LogP contribution in [0.3, 0.4) is 0 Å². The van der Waals surface area contributed by atoms with Crippen LogP contribution >= 0.6 is 0 Å². The Morgan fingerprint density at radius 1 is 1.25 bits per heavy atom. The molecule has 2 aliphatic rings. The Hall–Kier alpha value is -3.89. The summed E-state index contributed by atoms with van der Waals surface area (Å²) in [5.74, 6) is -0.702. The normalized spacial score (nSPS) is 18.2. The highest BCUT2D eigenvalue weighted by Crippen LogP contribution is 2.50. The molecule has 1 aliphatic heterocycles. The number of likely N-dealkylation sites (tertiary alicyclic amines) is 1. The van der Waals surface area contributed by atoms with Gasteiger partial charge in [0.05, 0.1) is 36.9 Å². The number of hydrogen-bond acceptors (Lipinski definition) is 7. The molecule has 11 heteroatoms. The maximum absolute atomic E-state index is 14.3. The third-order valence-corrected chi connectivity index (χ3v) is 7.11. The number of aryl methyl sites for hydroxylation is 2. The van der Waals surface area contributed by atoms with Gasteiger partial charge in [-0.2, -0.15) is 15.3 Å². The Morgan fingerprint density at radius 2 is 2.06 bits per heavy atom. The number of carbonyl (C=O) groups excluding carboxylic acids is 2. The summed E-state index contributed by atoms with van der Waals surface area (Å²) >= 11 is 0. The molecule has 4 heterocycles. The zero-order chi connectivity index (χ0) is 25.4. The first-order valence-electron chi connectivity index (χ1n) is 11.9. The van der Waals surface area contributed by atoms with Gasteiger partial charge in [-0.05, 0) is 57.2 Å². The summed E-state index contributed by atoms with van der Waals surface area (Å²) in [6.45, 7) is 4.63. The van der Waals surface area contributed by atoms with E-state index in [-0.39, 0.29) is 40.4 Å². The number of hydrogen-bond donors (Lipinski definition) is 2. The van der Waals surface area contributed by atoms with Crippen LogP contribution in [0.25, 0.3) is 11.3 Å². The molecule has 1 unspecified atom stereocenters. The van der Waals surface area contributed by atoms with Crippen LogP contribution in [0, 0.1) is 25.6 Å². The minimum absolute atomic E-state index is 0.0268. The van der Waals surface area contributed by atoms with Crippen molar-refractivity contribution in [1.29, 1.82) is 0 Å². The minimum Gasteiger partial charge on any atom is -0.481 e. The fraction of sp³-hybridized carbons (Fsp3) is 0.440. The summed E-state index contributed by atoms with van der Waals surface area (Å²) < 4.78 is 19.4. The number of piperidine rings is 1. The first kappa shape index (κ1) is 23.8. The Labute approximate surface area is 207 Å². The van der Waals surface area contributed by atoms with Crippen molar-refractivity contribution < 1.29 is 18.7 Å². The molecule has 0 radical (unpaired) electrons. The van der Waals surface area contributed by atoms with Crippen molar-refractivity contribution in [3.63, 3.8) is 0 Å². The molecule has 5 rings (SSSR count). The van der Waals surface area contributed by atoms with Crippen LogP contribution in [-0.2, 0) is 11.3 Å². The predicted molar refractivity (Wildman–Crippen MR) is 127 cm³/mol. The van der Waals surface area contributed by atoms with Crippen LogP contribution in [-0.4, -0.2) is 61.3 Å². The van der Waals surface area contributed by atoms with Crippen molar-refractivity contribution in [3.05, 3.63) is 52.9 Å². The second kappa shape index (κ2) is 9.29. The van der Waals surface area contributed by atoms with Crippen molar-refractivity contribution in [3.8, 4) is 17.1 Å². The molecule has 10 nitrogen and oxygen atoms in total. The van der Waals surface area contributed by atoms with Crippen molar-refractivity contribution >= 4 is 11.8 Å². The van der Waals surface area contributed by atoms with Crippen LogP contribution in [0.1, 0.15) is 53.1 Å². The van der Waals surface area contributed by atoms with Gasteiger partial charge in [0.15, 0.2) is 5.82 Å². The SMILES string of the molecule is COc1cc(-c2cc(C(=O)N3CCC(C(=O)NCc4nnc(C)cc4C)CC34CC4)[nH]n2)c(F)cn1. The van der Waals surface area contributed by atoms with Crippen molar-refractivity contribution in [2.24, 2.45) is 5.92 Å². The number of nitrogens with one attached hydrogen (secondary N) is 2. The van der Waals surface area contributed by atoms with Gasteiger partial charge in [0.1, 0.15) is 5.69 Å². The zero-order valence-electron chi connectivity index (χ0n) is 20.5. The third kappa shape index (κ3) is 4.52. The fourth-order valence-corrected chi connectivity index (χ4v) is 4.93. The maximum atomic E-state index is 14.3. The Balaban J connectivity index is 1.24. The van der Waals surface area contributed by atoms with Gasteiger partial charge in [-0.1, -0.05) is 0 Å². The molecule has 1 saturated heterocycles. The average molecular weight is 494 g/mol. The van der Waals surface area contributed by atoms with Crippen LogP contribution < -0.4 is 10.1 Å². The number of methoxy groups -OCH3 is 1. The standard InChI is InChI=1S/C25H28FN7O3/c1-14-8-15(2)29-32-21(14)13-28-23(34)16-4-7-33(25(11-16)5-6-25)24(35)20-10-19(30-31-20)17-9-22(36-3)27-12-18(17)26/h8-10,12,16H,4-7,11,13H2,1-3H3,(H,28,34)(H,30,31). The molecular formula is C25H28FN7O3.